The molecule has 0 saturated carbocycles. The second-order valence-corrected chi connectivity index (χ2v) is 7.99. The first kappa shape index (κ1) is 20.9. The highest BCUT2D eigenvalue weighted by Gasteiger charge is 2.20. The van der Waals surface area contributed by atoms with Crippen molar-refractivity contribution in [3.05, 3.63) is 63.7 Å². The van der Waals surface area contributed by atoms with Gasteiger partial charge < -0.3 is 10.4 Å². The summed E-state index contributed by atoms with van der Waals surface area (Å²) in [6, 6.07) is 12.2. The van der Waals surface area contributed by atoms with Gasteiger partial charge in [0.2, 0.25) is 0 Å². The summed E-state index contributed by atoms with van der Waals surface area (Å²) in [5.41, 5.74) is 1.84. The molecule has 144 valence electrons. The Hall–Kier alpha value is -2.38. The first-order valence-corrected chi connectivity index (χ1v) is 9.56. The van der Waals surface area contributed by atoms with E-state index in [1.807, 2.05) is 45.0 Å². The average Bonchev–Trinajstić information content (AvgIpc) is 2.60. The van der Waals surface area contributed by atoms with Crippen LogP contribution in [0, 0.1) is 23.0 Å². The number of hydrogen-bond donors (Lipinski definition) is 2. The molecule has 0 radical (unpaired) electrons. The average molecular weight is 388 g/mol. The van der Waals surface area contributed by atoms with Crippen molar-refractivity contribution in [3.63, 3.8) is 0 Å². The molecule has 6 nitrogen and oxygen atoms in total. The fraction of sp³-hybridized carbons (Fsp3) is 0.350. The summed E-state index contributed by atoms with van der Waals surface area (Å²) < 4.78 is 0. The van der Waals surface area contributed by atoms with Crippen molar-refractivity contribution in [2.24, 2.45) is 5.92 Å². The molecule has 0 aliphatic rings. The van der Waals surface area contributed by atoms with E-state index in [9.17, 15) is 20.0 Å². The quantitative estimate of drug-likeness (QED) is 0.480. The lowest BCUT2D eigenvalue weighted by Crippen LogP contribution is -2.37. The van der Waals surface area contributed by atoms with E-state index < -0.39 is 16.9 Å². The van der Waals surface area contributed by atoms with Gasteiger partial charge in [0.25, 0.3) is 5.69 Å². The molecule has 2 N–H and O–H groups in total. The third kappa shape index (κ3) is 6.37. The molecule has 0 aliphatic carbocycles. The van der Waals surface area contributed by atoms with Crippen molar-refractivity contribution in [2.75, 3.05) is 0 Å². The van der Waals surface area contributed by atoms with Gasteiger partial charge in [0.15, 0.2) is 0 Å². The Morgan fingerprint density at radius 2 is 1.89 bits per heavy atom. The van der Waals surface area contributed by atoms with Crippen LogP contribution >= 0.6 is 11.8 Å². The van der Waals surface area contributed by atoms with E-state index in [0.29, 0.717) is 16.9 Å². The van der Waals surface area contributed by atoms with Crippen molar-refractivity contribution in [1.82, 2.24) is 5.32 Å². The maximum Gasteiger partial charge on any atom is 0.320 e. The van der Waals surface area contributed by atoms with Crippen molar-refractivity contribution in [1.29, 1.82) is 0 Å². The minimum absolute atomic E-state index is 0.0237. The van der Waals surface area contributed by atoms with Crippen LogP contribution in [0.2, 0.25) is 0 Å². The molecule has 0 aromatic heterocycles. The number of aliphatic carboxylic acids is 1. The molecule has 1 atom stereocenters. The summed E-state index contributed by atoms with van der Waals surface area (Å²) >= 11 is 1.34. The zero-order chi connectivity index (χ0) is 20.0. The lowest BCUT2D eigenvalue weighted by atomic mass is 10.0. The number of carbonyl (C=O) groups is 1. The number of aryl methyl sites for hydroxylation is 1. The van der Waals surface area contributed by atoms with Crippen LogP contribution in [0.3, 0.4) is 0 Å². The zero-order valence-electron chi connectivity index (χ0n) is 15.6. The van der Waals surface area contributed by atoms with Gasteiger partial charge in [-0.25, -0.2) is 0 Å². The zero-order valence-corrected chi connectivity index (χ0v) is 16.5. The Morgan fingerprint density at radius 3 is 2.44 bits per heavy atom. The second-order valence-electron chi connectivity index (χ2n) is 6.88. The van der Waals surface area contributed by atoms with Gasteiger partial charge in [-0.1, -0.05) is 49.4 Å². The van der Waals surface area contributed by atoms with Crippen LogP contribution in [0.25, 0.3) is 0 Å². The lowest BCUT2D eigenvalue weighted by molar-refractivity contribution is -0.387. The Balaban J connectivity index is 2.15. The van der Waals surface area contributed by atoms with Crippen LogP contribution in [0.4, 0.5) is 5.69 Å². The van der Waals surface area contributed by atoms with Gasteiger partial charge in [-0.3, -0.25) is 14.9 Å². The Kier molecular flexibility index (Phi) is 7.38. The number of carboxylic acid groups (broad SMARTS) is 1. The minimum Gasteiger partial charge on any atom is -0.480 e. The maximum absolute atomic E-state index is 11.5. The number of nitro groups is 1. The predicted molar refractivity (Wildman–Crippen MR) is 106 cm³/mol. The van der Waals surface area contributed by atoms with Crippen LogP contribution < -0.4 is 5.32 Å². The molecule has 0 spiro atoms. The molecule has 2 aromatic rings. The second kappa shape index (κ2) is 9.53. The molecule has 0 aliphatic heterocycles. The largest absolute Gasteiger partial charge is 0.480 e. The number of carboxylic acids is 1. The Morgan fingerprint density at radius 1 is 1.22 bits per heavy atom. The summed E-state index contributed by atoms with van der Waals surface area (Å²) in [7, 11) is 0. The molecule has 27 heavy (non-hydrogen) atoms. The van der Waals surface area contributed by atoms with Crippen LogP contribution in [-0.4, -0.2) is 22.0 Å². The van der Waals surface area contributed by atoms with Gasteiger partial charge in [-0.2, -0.15) is 0 Å². The van der Waals surface area contributed by atoms with Crippen molar-refractivity contribution in [3.8, 4) is 0 Å². The Labute approximate surface area is 163 Å². The molecule has 7 heteroatoms. The first-order valence-electron chi connectivity index (χ1n) is 8.74. The van der Waals surface area contributed by atoms with E-state index in [2.05, 4.69) is 5.32 Å². The maximum atomic E-state index is 11.5. The normalized spacial score (nSPS) is 12.1. The van der Waals surface area contributed by atoms with Gasteiger partial charge in [0.1, 0.15) is 6.04 Å². The van der Waals surface area contributed by atoms with Gasteiger partial charge in [0, 0.05) is 17.5 Å². The molecule has 0 unspecified atom stereocenters. The molecule has 0 saturated heterocycles. The van der Waals surface area contributed by atoms with Gasteiger partial charge >= 0.3 is 5.97 Å². The topological polar surface area (TPSA) is 92.5 Å². The highest BCUT2D eigenvalue weighted by molar-refractivity contribution is 7.99. The molecular weight excluding hydrogens is 364 g/mol. The number of nitrogens with zero attached hydrogens (tertiary/aromatic N) is 1. The van der Waals surface area contributed by atoms with Crippen LogP contribution in [0.5, 0.6) is 0 Å². The molecule has 0 amide bonds. The fourth-order valence-electron chi connectivity index (χ4n) is 2.62. The summed E-state index contributed by atoms with van der Waals surface area (Å²) in [5, 5.41) is 23.8. The number of benzene rings is 2. The van der Waals surface area contributed by atoms with Crippen molar-refractivity contribution < 1.29 is 14.8 Å². The van der Waals surface area contributed by atoms with E-state index in [1.54, 1.807) is 12.1 Å². The van der Waals surface area contributed by atoms with Gasteiger partial charge in [0.05, 0.1) is 9.82 Å². The van der Waals surface area contributed by atoms with E-state index >= 15 is 0 Å². The van der Waals surface area contributed by atoms with Gasteiger partial charge in [-0.05, 0) is 43.0 Å². The molecule has 0 heterocycles. The van der Waals surface area contributed by atoms with Gasteiger partial charge in [-0.15, -0.1) is 0 Å². The number of rotatable bonds is 9. The highest BCUT2D eigenvalue weighted by Crippen LogP contribution is 2.35. The van der Waals surface area contributed by atoms with E-state index in [1.165, 1.54) is 17.8 Å². The summed E-state index contributed by atoms with van der Waals surface area (Å²) in [4.78, 5) is 23.9. The predicted octanol–water partition coefficient (Wildman–Crippen LogP) is 4.64. The summed E-state index contributed by atoms with van der Waals surface area (Å²) in [5.74, 6) is -0.675. The standard InChI is InChI=1S/C20H24N2O4S/c1-13(2)10-17(20(23)24)21-12-15-6-9-19(18(11-15)22(25)26)27-16-7-4-14(3)5-8-16/h4-9,11,13,17,21H,10,12H2,1-3H3,(H,23,24)/t17-/m1/s1. The van der Waals surface area contributed by atoms with E-state index in [0.717, 1.165) is 10.5 Å². The van der Waals surface area contributed by atoms with Crippen LogP contribution in [0.1, 0.15) is 31.4 Å². The first-order chi connectivity index (χ1) is 12.8. The summed E-state index contributed by atoms with van der Waals surface area (Å²) in [6.45, 7) is 6.17. The molecule has 2 aromatic carbocycles. The highest BCUT2D eigenvalue weighted by atomic mass is 32.2. The van der Waals surface area contributed by atoms with E-state index in [4.69, 9.17) is 0 Å². The lowest BCUT2D eigenvalue weighted by Gasteiger charge is -2.16. The Bertz CT molecular complexity index is 806. The monoisotopic (exact) mass is 388 g/mol. The minimum atomic E-state index is -0.912. The fourth-order valence-corrected chi connectivity index (χ4v) is 3.52. The van der Waals surface area contributed by atoms with Crippen molar-refractivity contribution in [2.45, 2.75) is 49.6 Å². The van der Waals surface area contributed by atoms with Crippen LogP contribution in [-0.2, 0) is 11.3 Å². The molecule has 0 bridgehead atoms. The number of nitro benzene ring substituents is 1. The van der Waals surface area contributed by atoms with E-state index in [-0.39, 0.29) is 18.2 Å². The smallest absolute Gasteiger partial charge is 0.320 e. The molecule has 2 rings (SSSR count). The number of nitrogens with one attached hydrogen (secondary N) is 1. The SMILES string of the molecule is Cc1ccc(Sc2ccc(CN[C@H](CC(C)C)C(=O)O)cc2[N+](=O)[O-])cc1. The molecular formula is C20H24N2O4S. The van der Waals surface area contributed by atoms with Crippen molar-refractivity contribution >= 4 is 23.4 Å². The third-order valence-electron chi connectivity index (χ3n) is 4.03. The number of hydrogen-bond acceptors (Lipinski definition) is 5. The molecule has 0 fully saturated rings. The third-order valence-corrected chi connectivity index (χ3v) is 5.10. The van der Waals surface area contributed by atoms with Crippen LogP contribution in [0.15, 0.2) is 52.3 Å². The summed E-state index contributed by atoms with van der Waals surface area (Å²) in [6.07, 6.45) is 0.499.